The number of imidazole rings is 1. The molecule has 1 aromatic heterocycles. The Morgan fingerprint density at radius 3 is 2.26 bits per heavy atom. The molecule has 0 aliphatic rings. The Morgan fingerprint density at radius 2 is 1.83 bits per heavy atom. The molecule has 0 aliphatic heterocycles. The minimum atomic E-state index is -0.407. The van der Waals surface area contributed by atoms with Crippen LogP contribution in [0.3, 0.4) is 0 Å². The summed E-state index contributed by atoms with van der Waals surface area (Å²) in [4.78, 5) is 31.8. The summed E-state index contributed by atoms with van der Waals surface area (Å²) in [6, 6.07) is -0.783. The smallest absolute Gasteiger partial charge is 0.185 e. The van der Waals surface area contributed by atoms with Crippen LogP contribution in [-0.2, 0) is 16.0 Å². The van der Waals surface area contributed by atoms with Gasteiger partial charge in [-0.25, -0.2) is 4.98 Å². The lowest BCUT2D eigenvalue weighted by Gasteiger charge is -2.04. The SMILES string of the molecule is CC(=O)C(N)CCCN=C(N)N.CC(=O)C(N)Cc1cnc[nH]1. The van der Waals surface area contributed by atoms with E-state index in [0.29, 0.717) is 19.4 Å². The van der Waals surface area contributed by atoms with Crippen molar-refractivity contribution in [3.8, 4) is 0 Å². The van der Waals surface area contributed by atoms with Gasteiger partial charge in [0.15, 0.2) is 5.96 Å². The molecular weight excluding hydrogens is 298 g/mol. The number of ketones is 2. The van der Waals surface area contributed by atoms with E-state index in [9.17, 15) is 9.59 Å². The maximum atomic E-state index is 10.7. The van der Waals surface area contributed by atoms with Crippen molar-refractivity contribution in [1.29, 1.82) is 0 Å². The van der Waals surface area contributed by atoms with Crippen molar-refractivity contribution in [2.45, 2.75) is 45.2 Å². The number of nitrogens with one attached hydrogen (secondary N) is 1. The standard InChI is InChI=1S/C7H16N4O.C7H11N3O/c1-5(12)6(8)3-2-4-11-7(9)10;1-5(11)7(8)2-6-3-9-4-10-6/h6H,2-4,8H2,1H3,(H4,9,10,11);3-4,7H,2,8H2,1H3,(H,9,10). The fourth-order valence-corrected chi connectivity index (χ4v) is 1.50. The molecule has 9 N–H and O–H groups in total. The number of hydrogen-bond donors (Lipinski definition) is 5. The van der Waals surface area contributed by atoms with Crippen molar-refractivity contribution >= 4 is 17.5 Å². The number of Topliss-reactive ketones (excluding diaryl/α,β-unsaturated/α-hetero) is 2. The van der Waals surface area contributed by atoms with Crippen molar-refractivity contribution in [3.05, 3.63) is 18.2 Å². The first-order chi connectivity index (χ1) is 10.7. The van der Waals surface area contributed by atoms with Gasteiger partial charge in [-0.3, -0.25) is 14.6 Å². The molecule has 0 radical (unpaired) electrons. The number of aliphatic imine (C=N–C) groups is 1. The molecular formula is C14H27N7O2. The highest BCUT2D eigenvalue weighted by molar-refractivity contribution is 5.81. The van der Waals surface area contributed by atoms with Gasteiger partial charge in [0.1, 0.15) is 11.6 Å². The molecule has 0 bridgehead atoms. The van der Waals surface area contributed by atoms with Crippen LogP contribution in [-0.4, -0.2) is 46.1 Å². The summed E-state index contributed by atoms with van der Waals surface area (Å²) in [5, 5.41) is 0. The number of aromatic nitrogens is 2. The van der Waals surface area contributed by atoms with Gasteiger partial charge in [0.05, 0.1) is 18.4 Å². The van der Waals surface area contributed by atoms with Crippen molar-refractivity contribution < 1.29 is 9.59 Å². The van der Waals surface area contributed by atoms with E-state index in [1.165, 1.54) is 13.8 Å². The third-order valence-corrected chi connectivity index (χ3v) is 3.01. The quantitative estimate of drug-likeness (QED) is 0.227. The first-order valence-corrected chi connectivity index (χ1v) is 7.28. The van der Waals surface area contributed by atoms with Crippen LogP contribution >= 0.6 is 0 Å². The largest absolute Gasteiger partial charge is 0.370 e. The van der Waals surface area contributed by atoms with Crippen LogP contribution < -0.4 is 22.9 Å². The number of aromatic amines is 1. The van der Waals surface area contributed by atoms with Gasteiger partial charge >= 0.3 is 0 Å². The zero-order valence-electron chi connectivity index (χ0n) is 13.7. The minimum absolute atomic E-state index is 0.000278. The fourth-order valence-electron chi connectivity index (χ4n) is 1.50. The highest BCUT2D eigenvalue weighted by Gasteiger charge is 2.08. The molecule has 1 heterocycles. The zero-order chi connectivity index (χ0) is 17.8. The van der Waals surface area contributed by atoms with Crippen LogP contribution in [0, 0.1) is 0 Å². The molecule has 2 unspecified atom stereocenters. The predicted octanol–water partition coefficient (Wildman–Crippen LogP) is -1.18. The summed E-state index contributed by atoms with van der Waals surface area (Å²) < 4.78 is 0. The first-order valence-electron chi connectivity index (χ1n) is 7.28. The van der Waals surface area contributed by atoms with Gasteiger partial charge in [0.25, 0.3) is 0 Å². The lowest BCUT2D eigenvalue weighted by atomic mass is 10.1. The molecule has 1 aromatic rings. The third-order valence-electron chi connectivity index (χ3n) is 3.01. The average Bonchev–Trinajstić information content (AvgIpc) is 2.96. The number of nitrogens with two attached hydrogens (primary N) is 4. The number of hydrogen-bond acceptors (Lipinski definition) is 6. The Kier molecular flexibility index (Phi) is 10.2. The maximum Gasteiger partial charge on any atom is 0.185 e. The molecule has 1 rings (SSSR count). The third kappa shape index (κ3) is 11.0. The van der Waals surface area contributed by atoms with Gasteiger partial charge in [0, 0.05) is 24.9 Å². The summed E-state index contributed by atoms with van der Waals surface area (Å²) in [7, 11) is 0. The molecule has 23 heavy (non-hydrogen) atoms. The molecule has 9 nitrogen and oxygen atoms in total. The lowest BCUT2D eigenvalue weighted by molar-refractivity contribution is -0.119. The molecule has 130 valence electrons. The molecule has 0 spiro atoms. The summed E-state index contributed by atoms with van der Waals surface area (Å²) >= 11 is 0. The van der Waals surface area contributed by atoms with Crippen molar-refractivity contribution in [2.75, 3.05) is 6.54 Å². The summed E-state index contributed by atoms with van der Waals surface area (Å²) in [6.45, 7) is 3.50. The van der Waals surface area contributed by atoms with E-state index in [2.05, 4.69) is 15.0 Å². The molecule has 0 fully saturated rings. The van der Waals surface area contributed by atoms with E-state index in [4.69, 9.17) is 22.9 Å². The van der Waals surface area contributed by atoms with Gasteiger partial charge in [0.2, 0.25) is 0 Å². The van der Waals surface area contributed by atoms with E-state index in [1.54, 1.807) is 12.5 Å². The monoisotopic (exact) mass is 325 g/mol. The van der Waals surface area contributed by atoms with Crippen LogP contribution in [0.2, 0.25) is 0 Å². The number of guanidine groups is 1. The highest BCUT2D eigenvalue weighted by atomic mass is 16.1. The molecule has 9 heteroatoms. The number of H-pyrrole nitrogens is 1. The van der Waals surface area contributed by atoms with Gasteiger partial charge in [-0.05, 0) is 26.7 Å². The van der Waals surface area contributed by atoms with Crippen molar-refractivity contribution in [3.63, 3.8) is 0 Å². The second kappa shape index (κ2) is 11.3. The average molecular weight is 325 g/mol. The number of carbonyl (C=O) groups is 2. The van der Waals surface area contributed by atoms with Crippen LogP contribution in [0.15, 0.2) is 17.5 Å². The summed E-state index contributed by atoms with van der Waals surface area (Å²) in [6.07, 6.45) is 5.14. The number of nitrogens with zero attached hydrogens (tertiary/aromatic N) is 2. The van der Waals surface area contributed by atoms with E-state index in [-0.39, 0.29) is 23.6 Å². The molecule has 0 saturated carbocycles. The molecule has 0 aromatic carbocycles. The molecule has 0 amide bonds. The Balaban J connectivity index is 0.000000422. The van der Waals surface area contributed by atoms with Gasteiger partial charge in [-0.2, -0.15) is 0 Å². The van der Waals surface area contributed by atoms with Crippen LogP contribution in [0.4, 0.5) is 0 Å². The van der Waals surface area contributed by atoms with Crippen molar-refractivity contribution in [1.82, 2.24) is 9.97 Å². The Labute approximate surface area is 135 Å². The molecule has 0 saturated heterocycles. The van der Waals surface area contributed by atoms with Crippen LogP contribution in [0.1, 0.15) is 32.4 Å². The Hall–Kier alpha value is -2.26. The maximum absolute atomic E-state index is 10.7. The van der Waals surface area contributed by atoms with Crippen molar-refractivity contribution in [2.24, 2.45) is 27.9 Å². The van der Waals surface area contributed by atoms with E-state index >= 15 is 0 Å². The Bertz CT molecular complexity index is 495. The van der Waals surface area contributed by atoms with E-state index < -0.39 is 6.04 Å². The van der Waals surface area contributed by atoms with Gasteiger partial charge in [-0.1, -0.05) is 0 Å². The van der Waals surface area contributed by atoms with E-state index in [0.717, 1.165) is 12.1 Å². The normalized spacial score (nSPS) is 12.5. The highest BCUT2D eigenvalue weighted by Crippen LogP contribution is 1.96. The fraction of sp³-hybridized carbons (Fsp3) is 0.571. The summed E-state index contributed by atoms with van der Waals surface area (Å²) in [5.74, 6) is 0.0747. The van der Waals surface area contributed by atoms with Gasteiger partial charge < -0.3 is 27.9 Å². The second-order valence-corrected chi connectivity index (χ2v) is 5.16. The second-order valence-electron chi connectivity index (χ2n) is 5.16. The van der Waals surface area contributed by atoms with Crippen LogP contribution in [0.25, 0.3) is 0 Å². The molecule has 2 atom stereocenters. The summed E-state index contributed by atoms with van der Waals surface area (Å²) in [5.41, 5.74) is 22.1. The van der Waals surface area contributed by atoms with Gasteiger partial charge in [-0.15, -0.1) is 0 Å². The molecule has 0 aliphatic carbocycles. The lowest BCUT2D eigenvalue weighted by Crippen LogP contribution is -2.30. The zero-order valence-corrected chi connectivity index (χ0v) is 13.7. The Morgan fingerprint density at radius 1 is 1.22 bits per heavy atom. The number of rotatable bonds is 8. The number of carbonyl (C=O) groups excluding carboxylic acids is 2. The minimum Gasteiger partial charge on any atom is -0.370 e. The first kappa shape index (κ1) is 20.7. The topological polar surface area (TPSA) is 179 Å². The predicted molar refractivity (Wildman–Crippen MR) is 89.5 cm³/mol. The van der Waals surface area contributed by atoms with E-state index in [1.807, 2.05) is 0 Å². The van der Waals surface area contributed by atoms with Crippen LogP contribution in [0.5, 0.6) is 0 Å².